The smallest absolute Gasteiger partial charge is 0.261 e. The number of rotatable bonds is 37. The third-order valence-electron chi connectivity index (χ3n) is 19.1. The zero-order valence-corrected chi connectivity index (χ0v) is 61.1. The van der Waals surface area contributed by atoms with Gasteiger partial charge >= 0.3 is 0 Å². The van der Waals surface area contributed by atoms with E-state index in [2.05, 4.69) is 55.1 Å². The van der Waals surface area contributed by atoms with Gasteiger partial charge in [-0.3, -0.25) is 0 Å². The minimum atomic E-state index is -3.21. The molecule has 0 amide bonds. The first kappa shape index (κ1) is 75.7. The molecule has 0 radical (unpaired) electrons. The van der Waals surface area contributed by atoms with Crippen LogP contribution >= 0.6 is 0 Å². The van der Waals surface area contributed by atoms with E-state index in [0.717, 1.165) is 54.9 Å². The van der Waals surface area contributed by atoms with E-state index in [1.165, 1.54) is 0 Å². The molecule has 10 aromatic carbocycles. The molecule has 10 aromatic rings. The third-order valence-corrected chi connectivity index (χ3v) is 24.1. The highest BCUT2D eigenvalue weighted by atomic mass is 28.4. The third kappa shape index (κ3) is 20.8. The Morgan fingerprint density at radius 3 is 1.02 bits per heavy atom. The minimum absolute atomic E-state index is 0.00436. The van der Waals surface area contributed by atoms with Crippen molar-refractivity contribution < 1.29 is 61.3 Å². The summed E-state index contributed by atoms with van der Waals surface area (Å²) in [5.74, 6) is 0.679. The van der Waals surface area contributed by atoms with Gasteiger partial charge in [-0.1, -0.05) is 311 Å². The molecule has 0 spiro atoms. The van der Waals surface area contributed by atoms with Gasteiger partial charge < -0.3 is 61.3 Å². The van der Waals surface area contributed by atoms with Crippen LogP contribution in [0.1, 0.15) is 65.3 Å². The quantitative estimate of drug-likeness (QED) is 0.0156. The minimum Gasteiger partial charge on any atom is -0.497 e. The fourth-order valence-electron chi connectivity index (χ4n) is 13.8. The molecule has 0 aromatic heterocycles. The number of hydrogen-bond donors (Lipinski definition) is 0. The summed E-state index contributed by atoms with van der Waals surface area (Å²) in [7, 11) is -1.57. The fourth-order valence-corrected chi connectivity index (χ4v) is 18.4. The Kier molecular flexibility index (Phi) is 28.0. The molecular weight excluding hydrogens is 1340 g/mol. The summed E-state index contributed by atoms with van der Waals surface area (Å²) < 4.78 is 95.1. The van der Waals surface area contributed by atoms with Crippen molar-refractivity contribution in [2.45, 2.75) is 152 Å². The molecule has 2 fully saturated rings. The largest absolute Gasteiger partial charge is 0.497 e. The van der Waals surface area contributed by atoms with Crippen LogP contribution in [0.25, 0.3) is 10.4 Å². The number of methoxy groups -OCH3 is 1. The normalized spacial score (nSPS) is 21.4. The first-order chi connectivity index (χ1) is 51.6. The van der Waals surface area contributed by atoms with Crippen molar-refractivity contribution in [1.29, 1.82) is 0 Å². The van der Waals surface area contributed by atoms with Gasteiger partial charge in [0.05, 0.1) is 79.2 Å². The van der Waals surface area contributed by atoms with Gasteiger partial charge in [-0.2, -0.15) is 0 Å². The van der Waals surface area contributed by atoms with E-state index in [1.807, 2.05) is 273 Å². The summed E-state index contributed by atoms with van der Waals surface area (Å²) in [5, 5.41) is 6.25. The van der Waals surface area contributed by atoms with Gasteiger partial charge in [0.1, 0.15) is 66.8 Å². The number of benzene rings is 10. The summed E-state index contributed by atoms with van der Waals surface area (Å²) in [5.41, 5.74) is 18.0. The summed E-state index contributed by atoms with van der Waals surface area (Å²) in [4.78, 5) is 3.49. The first-order valence-corrected chi connectivity index (χ1v) is 38.0. The van der Waals surface area contributed by atoms with Crippen molar-refractivity contribution in [3.63, 3.8) is 0 Å². The maximum atomic E-state index is 10.7. The second kappa shape index (κ2) is 38.9. The predicted octanol–water partition coefficient (Wildman–Crippen LogP) is 16.1. The van der Waals surface area contributed by atoms with E-state index in [9.17, 15) is 5.53 Å². The lowest BCUT2D eigenvalue weighted by Crippen LogP contribution is -2.70. The summed E-state index contributed by atoms with van der Waals surface area (Å²) >= 11 is 0. The molecule has 12 rings (SSSR count). The zero-order chi connectivity index (χ0) is 72.3. The van der Waals surface area contributed by atoms with Gasteiger partial charge in [-0.15, -0.1) is 0 Å². The van der Waals surface area contributed by atoms with E-state index in [0.29, 0.717) is 5.75 Å². The molecule has 544 valence electrons. The lowest BCUT2D eigenvalue weighted by molar-refractivity contribution is -0.366. The average molecular weight is 1430 g/mol. The van der Waals surface area contributed by atoms with Crippen molar-refractivity contribution in [3.05, 3.63) is 352 Å². The molecule has 16 nitrogen and oxygen atoms in total. The summed E-state index contributed by atoms with van der Waals surface area (Å²) in [6.07, 6.45) is -11.3. The Hall–Kier alpha value is -8.95. The number of azide groups is 1. The van der Waals surface area contributed by atoms with Crippen LogP contribution in [0.2, 0.25) is 5.04 Å². The second-order valence-corrected chi connectivity index (χ2v) is 31.8. The molecule has 0 N–H and O–H groups in total. The van der Waals surface area contributed by atoms with Gasteiger partial charge in [0, 0.05) is 11.5 Å². The van der Waals surface area contributed by atoms with Crippen molar-refractivity contribution in [2.24, 2.45) is 5.11 Å². The monoisotopic (exact) mass is 1430 g/mol. The van der Waals surface area contributed by atoms with Crippen molar-refractivity contribution in [2.75, 3.05) is 26.9 Å². The number of ether oxygens (including phenoxy) is 12. The second-order valence-electron chi connectivity index (χ2n) is 27.5. The zero-order valence-electron chi connectivity index (χ0n) is 60.1. The molecule has 0 unspecified atom stereocenters. The highest BCUT2D eigenvalue weighted by Crippen LogP contribution is 2.41. The standard InChI is InChI=1S/C88H95N3O13Si/c1-88(2,3)105(75-46-28-12-29-47-75,76-48-30-13-31-49-76)102-63-73(90-91-89)62-101-82-80(96-57-68-38-20-8-21-39-68)81(97-58-69-40-22-9-23-41-69)83(98-59-70-42-24-10-25-43-70)85(84(82)99-61-72-50-52-74(92-4)53-51-72)104-87-86(100-60-71-44-26-11-27-45-71)79(95-56-67-36-18-7-19-37-67)78(94-55-66-34-16-6-17-35-66)77(103-87)64-93-54-65-32-14-5-15-33-65/h5-53,73,77-87H,54-64H2,1-4H3/t73-,77+,78+,79-,80-,81-,82+,83+,84-,85+,86-,87+/m0/s1. The van der Waals surface area contributed by atoms with Crippen LogP contribution in [-0.2, 0) is 109 Å². The Morgan fingerprint density at radius 2 is 0.667 bits per heavy atom. The van der Waals surface area contributed by atoms with E-state index in [-0.39, 0.29) is 72.7 Å². The molecule has 0 bridgehead atoms. The Morgan fingerprint density at radius 1 is 0.362 bits per heavy atom. The molecule has 1 saturated heterocycles. The van der Waals surface area contributed by atoms with Gasteiger partial charge in [-0.05, 0) is 77.6 Å². The van der Waals surface area contributed by atoms with Gasteiger partial charge in [0.15, 0.2) is 6.29 Å². The van der Waals surface area contributed by atoms with E-state index in [1.54, 1.807) is 7.11 Å². The van der Waals surface area contributed by atoms with Crippen LogP contribution in [0, 0.1) is 0 Å². The molecule has 105 heavy (non-hydrogen) atoms. The van der Waals surface area contributed by atoms with Crippen molar-refractivity contribution >= 4 is 18.7 Å². The summed E-state index contributed by atoms with van der Waals surface area (Å²) in [6.45, 7) is 7.79. The lowest BCUT2D eigenvalue weighted by atomic mass is 9.83. The highest BCUT2D eigenvalue weighted by Gasteiger charge is 2.59. The highest BCUT2D eigenvalue weighted by molar-refractivity contribution is 6.99. The molecule has 1 saturated carbocycles. The van der Waals surface area contributed by atoms with Crippen LogP contribution < -0.4 is 15.1 Å². The van der Waals surface area contributed by atoms with Crippen molar-refractivity contribution in [3.8, 4) is 5.75 Å². The van der Waals surface area contributed by atoms with Crippen LogP contribution in [-0.4, -0.2) is 109 Å². The Labute approximate surface area is 618 Å². The SMILES string of the molecule is COc1ccc(CO[C@H]2[C@H](OC[C@@H](CO[Si](c3ccccc3)(c3ccccc3)C(C)(C)C)N=[N+]=[N-])[C@@H](OCc3ccccc3)[C@H](OCc3ccccc3)[C@@H](OCc3ccccc3)[C@H]2O[C@H]2O[C@H](COCc3ccccc3)[C@@H](OCc3ccccc3)[C@H](OCc3ccccc3)[C@@H]2OCc2ccccc2)cc1. The fraction of sp³-hybridized carbons (Fsp3) is 0.318. The van der Waals surface area contributed by atoms with Gasteiger partial charge in [-0.25, -0.2) is 0 Å². The maximum absolute atomic E-state index is 10.7. The molecule has 17 heteroatoms. The average Bonchev–Trinajstić information content (AvgIpc) is 0.743. The lowest BCUT2D eigenvalue weighted by Gasteiger charge is -2.52. The first-order valence-electron chi connectivity index (χ1n) is 36.1. The van der Waals surface area contributed by atoms with Gasteiger partial charge in [0.25, 0.3) is 8.32 Å². The van der Waals surface area contributed by atoms with Gasteiger partial charge in [0.2, 0.25) is 0 Å². The molecule has 12 atom stereocenters. The maximum Gasteiger partial charge on any atom is 0.261 e. The van der Waals surface area contributed by atoms with E-state index < -0.39 is 86.7 Å². The Balaban J connectivity index is 1.02. The molecule has 1 heterocycles. The molecular formula is C88H95N3O13Si. The predicted molar refractivity (Wildman–Crippen MR) is 408 cm³/mol. The van der Waals surface area contributed by atoms with Crippen LogP contribution in [0.3, 0.4) is 0 Å². The van der Waals surface area contributed by atoms with Crippen molar-refractivity contribution in [1.82, 2.24) is 0 Å². The molecule has 2 aliphatic rings. The van der Waals surface area contributed by atoms with E-state index >= 15 is 0 Å². The molecule has 1 aliphatic heterocycles. The topological polar surface area (TPSA) is 169 Å². The van der Waals surface area contributed by atoms with E-state index in [4.69, 9.17) is 61.3 Å². The van der Waals surface area contributed by atoms with Crippen LogP contribution in [0.15, 0.2) is 302 Å². The summed E-state index contributed by atoms with van der Waals surface area (Å²) in [6, 6.07) is 97.8. The molecule has 1 aliphatic carbocycles. The Bertz CT molecular complexity index is 4100. The van der Waals surface area contributed by atoms with Crippen LogP contribution in [0.4, 0.5) is 0 Å². The number of nitrogens with zero attached hydrogens (tertiary/aromatic N) is 3. The van der Waals surface area contributed by atoms with Crippen LogP contribution in [0.5, 0.6) is 5.75 Å². The number of hydrogen-bond acceptors (Lipinski definition) is 14.